The Morgan fingerprint density at radius 3 is 2.74 bits per heavy atom. The predicted octanol–water partition coefficient (Wildman–Crippen LogP) is 4.73. The Morgan fingerprint density at radius 2 is 2.04 bits per heavy atom. The molecule has 0 heterocycles. The third-order valence-electron chi connectivity index (χ3n) is 4.61. The first-order valence-corrected chi connectivity index (χ1v) is 8.85. The molecule has 2 atom stereocenters. The van der Waals surface area contributed by atoms with Gasteiger partial charge in [0.1, 0.15) is 0 Å². The zero-order valence-corrected chi connectivity index (χ0v) is 14.2. The molecule has 1 fully saturated rings. The lowest BCUT2D eigenvalue weighted by atomic mass is 9.82. The summed E-state index contributed by atoms with van der Waals surface area (Å²) in [4.78, 5) is 11.4. The Bertz CT molecular complexity index is 495. The number of benzene rings is 1. The molecular formula is C20H29NO2. The second-order valence-electron chi connectivity index (χ2n) is 6.32. The van der Waals surface area contributed by atoms with Crippen molar-refractivity contribution in [1.29, 1.82) is 0 Å². The van der Waals surface area contributed by atoms with Gasteiger partial charge in [-0.3, -0.25) is 4.79 Å². The molecule has 0 radical (unpaired) electrons. The summed E-state index contributed by atoms with van der Waals surface area (Å²) in [7, 11) is 0. The van der Waals surface area contributed by atoms with Crippen LogP contribution in [0.15, 0.2) is 36.9 Å². The first kappa shape index (κ1) is 17.6. The van der Waals surface area contributed by atoms with Crippen LogP contribution in [-0.4, -0.2) is 18.6 Å². The summed E-state index contributed by atoms with van der Waals surface area (Å²) >= 11 is 0. The number of aryl methyl sites for hydroxylation is 1. The molecule has 0 saturated heterocycles. The van der Waals surface area contributed by atoms with E-state index in [-0.39, 0.29) is 5.97 Å². The highest BCUT2D eigenvalue weighted by molar-refractivity contribution is 5.69. The Hall–Kier alpha value is -1.77. The predicted molar refractivity (Wildman–Crippen MR) is 95.6 cm³/mol. The quantitative estimate of drug-likeness (QED) is 0.557. The van der Waals surface area contributed by atoms with Crippen LogP contribution in [0.5, 0.6) is 0 Å². The SMILES string of the molecule is C=CCC1CCCCC1Nc1ccc(CCC(=O)OCC)cc1. The molecule has 0 bridgehead atoms. The first-order valence-electron chi connectivity index (χ1n) is 8.85. The van der Waals surface area contributed by atoms with Crippen LogP contribution >= 0.6 is 0 Å². The zero-order valence-electron chi connectivity index (χ0n) is 14.2. The van der Waals surface area contributed by atoms with Gasteiger partial charge in [0.05, 0.1) is 6.61 Å². The van der Waals surface area contributed by atoms with E-state index in [4.69, 9.17) is 4.74 Å². The third-order valence-corrected chi connectivity index (χ3v) is 4.61. The lowest BCUT2D eigenvalue weighted by Crippen LogP contribution is -2.31. The van der Waals surface area contributed by atoms with Crippen LogP contribution in [0.25, 0.3) is 0 Å². The van der Waals surface area contributed by atoms with Gasteiger partial charge in [0.2, 0.25) is 0 Å². The number of anilines is 1. The summed E-state index contributed by atoms with van der Waals surface area (Å²) in [6.45, 7) is 6.18. The van der Waals surface area contributed by atoms with E-state index in [9.17, 15) is 4.79 Å². The van der Waals surface area contributed by atoms with Crippen molar-refractivity contribution in [2.75, 3.05) is 11.9 Å². The Balaban J connectivity index is 1.86. The minimum Gasteiger partial charge on any atom is -0.466 e. The molecule has 0 spiro atoms. The van der Waals surface area contributed by atoms with Gasteiger partial charge in [-0.15, -0.1) is 6.58 Å². The van der Waals surface area contributed by atoms with Crippen molar-refractivity contribution in [3.8, 4) is 0 Å². The van der Waals surface area contributed by atoms with Gasteiger partial charge < -0.3 is 10.1 Å². The molecule has 1 aliphatic rings. The third kappa shape index (κ3) is 5.74. The average molecular weight is 315 g/mol. The van der Waals surface area contributed by atoms with E-state index in [0.717, 1.165) is 12.8 Å². The Morgan fingerprint density at radius 1 is 1.30 bits per heavy atom. The molecule has 1 saturated carbocycles. The van der Waals surface area contributed by atoms with E-state index >= 15 is 0 Å². The number of esters is 1. The Labute approximate surface area is 140 Å². The molecule has 2 rings (SSSR count). The molecule has 1 aromatic rings. The smallest absolute Gasteiger partial charge is 0.306 e. The maximum absolute atomic E-state index is 11.4. The van der Waals surface area contributed by atoms with Gasteiger partial charge in [0, 0.05) is 18.2 Å². The van der Waals surface area contributed by atoms with Crippen molar-refractivity contribution in [2.24, 2.45) is 5.92 Å². The van der Waals surface area contributed by atoms with Gasteiger partial charge in [-0.05, 0) is 56.2 Å². The number of ether oxygens (including phenoxy) is 1. The van der Waals surface area contributed by atoms with Crippen molar-refractivity contribution in [3.05, 3.63) is 42.5 Å². The molecule has 0 aliphatic heterocycles. The second-order valence-corrected chi connectivity index (χ2v) is 6.32. The molecule has 1 aliphatic carbocycles. The second kappa shape index (κ2) is 9.39. The zero-order chi connectivity index (χ0) is 16.5. The molecular weight excluding hydrogens is 286 g/mol. The fourth-order valence-corrected chi connectivity index (χ4v) is 3.36. The van der Waals surface area contributed by atoms with Crippen LogP contribution in [0, 0.1) is 5.92 Å². The number of hydrogen-bond acceptors (Lipinski definition) is 3. The normalized spacial score (nSPS) is 20.7. The lowest BCUT2D eigenvalue weighted by molar-refractivity contribution is -0.143. The molecule has 1 N–H and O–H groups in total. The van der Waals surface area contributed by atoms with E-state index in [1.165, 1.54) is 36.9 Å². The van der Waals surface area contributed by atoms with Crippen molar-refractivity contribution >= 4 is 11.7 Å². The van der Waals surface area contributed by atoms with Crippen molar-refractivity contribution < 1.29 is 9.53 Å². The highest BCUT2D eigenvalue weighted by Gasteiger charge is 2.23. The van der Waals surface area contributed by atoms with Crippen LogP contribution in [0.4, 0.5) is 5.69 Å². The van der Waals surface area contributed by atoms with Gasteiger partial charge in [0.25, 0.3) is 0 Å². The van der Waals surface area contributed by atoms with E-state index in [1.807, 2.05) is 13.0 Å². The molecule has 2 unspecified atom stereocenters. The number of nitrogens with one attached hydrogen (secondary N) is 1. The van der Waals surface area contributed by atoms with Gasteiger partial charge >= 0.3 is 5.97 Å². The fraction of sp³-hybridized carbons (Fsp3) is 0.550. The van der Waals surface area contributed by atoms with Crippen molar-refractivity contribution in [1.82, 2.24) is 0 Å². The van der Waals surface area contributed by atoms with Crippen LogP contribution in [-0.2, 0) is 16.0 Å². The number of allylic oxidation sites excluding steroid dienone is 1. The summed E-state index contributed by atoms with van der Waals surface area (Å²) < 4.78 is 4.96. The molecule has 3 heteroatoms. The maximum Gasteiger partial charge on any atom is 0.306 e. The summed E-state index contributed by atoms with van der Waals surface area (Å²) in [6, 6.07) is 9.01. The highest BCUT2D eigenvalue weighted by Crippen LogP contribution is 2.29. The monoisotopic (exact) mass is 315 g/mol. The number of carbonyl (C=O) groups excluding carboxylic acids is 1. The minimum atomic E-state index is -0.121. The standard InChI is InChI=1S/C20H29NO2/c1-3-7-17-8-5-6-9-19(17)21-18-13-10-16(11-14-18)12-15-20(22)23-4-2/h3,10-11,13-14,17,19,21H,1,4-9,12,15H2,2H3. The molecule has 1 aromatic carbocycles. The summed E-state index contributed by atoms with van der Waals surface area (Å²) in [5, 5.41) is 3.69. The van der Waals surface area contributed by atoms with Gasteiger partial charge in [-0.2, -0.15) is 0 Å². The minimum absolute atomic E-state index is 0.121. The molecule has 3 nitrogen and oxygen atoms in total. The molecule has 0 aromatic heterocycles. The number of carbonyl (C=O) groups is 1. The van der Waals surface area contributed by atoms with Gasteiger partial charge in [-0.1, -0.05) is 31.1 Å². The summed E-state index contributed by atoms with van der Waals surface area (Å²) in [5.74, 6) is 0.578. The van der Waals surface area contributed by atoms with Crippen LogP contribution in [0.2, 0.25) is 0 Å². The highest BCUT2D eigenvalue weighted by atomic mass is 16.5. The van der Waals surface area contributed by atoms with Crippen LogP contribution in [0.1, 0.15) is 51.0 Å². The van der Waals surface area contributed by atoms with Crippen molar-refractivity contribution in [2.45, 2.75) is 57.9 Å². The first-order chi connectivity index (χ1) is 11.2. The largest absolute Gasteiger partial charge is 0.466 e. The molecule has 126 valence electrons. The summed E-state index contributed by atoms with van der Waals surface area (Å²) in [5.41, 5.74) is 2.35. The summed E-state index contributed by atoms with van der Waals surface area (Å²) in [6.07, 6.45) is 9.50. The molecule has 0 amide bonds. The van der Waals surface area contributed by atoms with Crippen LogP contribution < -0.4 is 5.32 Å². The number of hydrogen-bond donors (Lipinski definition) is 1. The van der Waals surface area contributed by atoms with E-state index in [2.05, 4.69) is 36.2 Å². The van der Waals surface area contributed by atoms with E-state index < -0.39 is 0 Å². The maximum atomic E-state index is 11.4. The van der Waals surface area contributed by atoms with Gasteiger partial charge in [0.15, 0.2) is 0 Å². The van der Waals surface area contributed by atoms with Gasteiger partial charge in [-0.25, -0.2) is 0 Å². The molecule has 23 heavy (non-hydrogen) atoms. The topological polar surface area (TPSA) is 38.3 Å². The van der Waals surface area contributed by atoms with E-state index in [0.29, 0.717) is 25.0 Å². The Kier molecular flexibility index (Phi) is 7.18. The van der Waals surface area contributed by atoms with E-state index in [1.54, 1.807) is 0 Å². The van der Waals surface area contributed by atoms with Crippen molar-refractivity contribution in [3.63, 3.8) is 0 Å². The lowest BCUT2D eigenvalue weighted by Gasteiger charge is -2.32. The number of rotatable bonds is 8. The average Bonchev–Trinajstić information content (AvgIpc) is 2.56. The van der Waals surface area contributed by atoms with Crippen LogP contribution in [0.3, 0.4) is 0 Å². The fourth-order valence-electron chi connectivity index (χ4n) is 3.36.